The molecule has 0 saturated heterocycles. The monoisotopic (exact) mass is 274 g/mol. The summed E-state index contributed by atoms with van der Waals surface area (Å²) < 4.78 is 28.1. The third-order valence-electron chi connectivity index (χ3n) is 2.81. The molecule has 0 unspecified atom stereocenters. The normalized spacial score (nSPS) is 12.3. The van der Waals surface area contributed by atoms with E-state index in [2.05, 4.69) is 18.6 Å². The van der Waals surface area contributed by atoms with Crippen LogP contribution >= 0.6 is 0 Å². The van der Waals surface area contributed by atoms with Gasteiger partial charge in [0.25, 0.3) is 0 Å². The Labute approximate surface area is 109 Å². The Morgan fingerprint density at radius 3 is 2.61 bits per heavy atom. The van der Waals surface area contributed by atoms with Gasteiger partial charge in [-0.1, -0.05) is 13.8 Å². The molecule has 0 aliphatic carbocycles. The average Bonchev–Trinajstić information content (AvgIpc) is 2.66. The molecule has 1 rings (SSSR count). The number of nitrogens with one attached hydrogen (secondary N) is 1. The molecule has 2 N–H and O–H groups in total. The number of hydrogen-bond acceptors (Lipinski definition) is 3. The molecule has 1 aromatic rings. The van der Waals surface area contributed by atoms with Crippen molar-refractivity contribution in [1.82, 2.24) is 9.29 Å². The second-order valence-corrected chi connectivity index (χ2v) is 6.64. The average molecular weight is 274 g/mol. The molecule has 0 spiro atoms. The molecule has 0 radical (unpaired) electrons. The minimum Gasteiger partial charge on any atom is -0.390 e. The fourth-order valence-corrected chi connectivity index (χ4v) is 2.85. The van der Waals surface area contributed by atoms with Gasteiger partial charge in [-0.3, -0.25) is 0 Å². The molecule has 18 heavy (non-hydrogen) atoms. The van der Waals surface area contributed by atoms with Crippen LogP contribution in [0.4, 0.5) is 0 Å². The predicted molar refractivity (Wildman–Crippen MR) is 70.6 cm³/mol. The van der Waals surface area contributed by atoms with E-state index in [1.54, 1.807) is 11.6 Å². The highest BCUT2D eigenvalue weighted by molar-refractivity contribution is 7.89. The van der Waals surface area contributed by atoms with Crippen molar-refractivity contribution < 1.29 is 13.5 Å². The fourth-order valence-electron chi connectivity index (χ4n) is 1.68. The van der Waals surface area contributed by atoms with Gasteiger partial charge in [0.05, 0.1) is 11.5 Å². The maximum absolute atomic E-state index is 12.0. The van der Waals surface area contributed by atoms with E-state index in [0.29, 0.717) is 18.2 Å². The van der Waals surface area contributed by atoms with Crippen molar-refractivity contribution >= 4 is 10.0 Å². The molecule has 0 saturated carbocycles. The van der Waals surface area contributed by atoms with Crippen LogP contribution in [-0.2, 0) is 23.7 Å². The van der Waals surface area contributed by atoms with Crippen molar-refractivity contribution in [2.24, 2.45) is 13.0 Å². The number of aromatic nitrogens is 1. The molecule has 0 aliphatic heterocycles. The van der Waals surface area contributed by atoms with Gasteiger partial charge in [0.15, 0.2) is 0 Å². The SMILES string of the molecule is CC(C)CCCNS(=O)(=O)c1cc(CO)n(C)c1. The number of nitrogens with zero attached hydrogens (tertiary/aromatic N) is 1. The maximum Gasteiger partial charge on any atom is 0.242 e. The number of aryl methyl sites for hydroxylation is 1. The number of rotatable bonds is 7. The Bertz CT molecular complexity index is 478. The van der Waals surface area contributed by atoms with Gasteiger partial charge in [0.2, 0.25) is 10.0 Å². The minimum atomic E-state index is -3.45. The molecule has 0 aliphatic rings. The predicted octanol–water partition coefficient (Wildman–Crippen LogP) is 1.23. The lowest BCUT2D eigenvalue weighted by Crippen LogP contribution is -2.24. The Balaban J connectivity index is 2.62. The third kappa shape index (κ3) is 4.12. The Morgan fingerprint density at radius 2 is 2.11 bits per heavy atom. The van der Waals surface area contributed by atoms with E-state index in [9.17, 15) is 8.42 Å². The summed E-state index contributed by atoms with van der Waals surface area (Å²) >= 11 is 0. The molecule has 0 aromatic carbocycles. The molecule has 5 nitrogen and oxygen atoms in total. The summed E-state index contributed by atoms with van der Waals surface area (Å²) in [5, 5.41) is 9.04. The molecule has 104 valence electrons. The molecule has 0 atom stereocenters. The number of aliphatic hydroxyl groups excluding tert-OH is 1. The quantitative estimate of drug-likeness (QED) is 0.735. The zero-order valence-corrected chi connectivity index (χ0v) is 12.0. The number of sulfonamides is 1. The van der Waals surface area contributed by atoms with Crippen LogP contribution in [0.3, 0.4) is 0 Å². The Kier molecular flexibility index (Phi) is 5.37. The van der Waals surface area contributed by atoms with Crippen molar-refractivity contribution in [3.05, 3.63) is 18.0 Å². The van der Waals surface area contributed by atoms with Crippen LogP contribution in [0.5, 0.6) is 0 Å². The first-order valence-corrected chi connectivity index (χ1v) is 7.61. The highest BCUT2D eigenvalue weighted by Gasteiger charge is 2.16. The summed E-state index contributed by atoms with van der Waals surface area (Å²) in [6, 6.07) is 1.49. The van der Waals surface area contributed by atoms with E-state index in [4.69, 9.17) is 5.11 Å². The van der Waals surface area contributed by atoms with Gasteiger partial charge in [-0.25, -0.2) is 13.1 Å². The van der Waals surface area contributed by atoms with E-state index in [1.807, 2.05) is 0 Å². The molecule has 0 bridgehead atoms. The molecular weight excluding hydrogens is 252 g/mol. The van der Waals surface area contributed by atoms with E-state index >= 15 is 0 Å². The second-order valence-electron chi connectivity index (χ2n) is 4.87. The van der Waals surface area contributed by atoms with Crippen molar-refractivity contribution in [2.75, 3.05) is 6.54 Å². The minimum absolute atomic E-state index is 0.167. The lowest BCUT2D eigenvalue weighted by molar-refractivity contribution is 0.272. The molecular formula is C12H22N2O3S. The van der Waals surface area contributed by atoms with Gasteiger partial charge in [-0.15, -0.1) is 0 Å². The van der Waals surface area contributed by atoms with Gasteiger partial charge in [0, 0.05) is 25.5 Å². The highest BCUT2D eigenvalue weighted by Crippen LogP contribution is 2.13. The second kappa shape index (κ2) is 6.36. The largest absolute Gasteiger partial charge is 0.390 e. The lowest BCUT2D eigenvalue weighted by Gasteiger charge is -2.06. The topological polar surface area (TPSA) is 71.3 Å². The number of hydrogen-bond donors (Lipinski definition) is 2. The fraction of sp³-hybridized carbons (Fsp3) is 0.667. The first-order valence-electron chi connectivity index (χ1n) is 6.12. The molecule has 1 heterocycles. The van der Waals surface area contributed by atoms with Crippen LogP contribution in [0.1, 0.15) is 32.4 Å². The van der Waals surface area contributed by atoms with Crippen molar-refractivity contribution in [3.63, 3.8) is 0 Å². The van der Waals surface area contributed by atoms with Gasteiger partial charge < -0.3 is 9.67 Å². The van der Waals surface area contributed by atoms with Gasteiger partial charge in [0.1, 0.15) is 0 Å². The number of aliphatic hydroxyl groups is 1. The van der Waals surface area contributed by atoms with Crippen LogP contribution in [-0.4, -0.2) is 24.6 Å². The smallest absolute Gasteiger partial charge is 0.242 e. The van der Waals surface area contributed by atoms with Crippen LogP contribution in [0.2, 0.25) is 0 Å². The molecule has 0 fully saturated rings. The van der Waals surface area contributed by atoms with Crippen LogP contribution in [0.25, 0.3) is 0 Å². The van der Waals surface area contributed by atoms with E-state index in [1.165, 1.54) is 12.3 Å². The maximum atomic E-state index is 12.0. The van der Waals surface area contributed by atoms with Crippen molar-refractivity contribution in [2.45, 2.75) is 38.2 Å². The summed E-state index contributed by atoms with van der Waals surface area (Å²) in [6.07, 6.45) is 3.34. The van der Waals surface area contributed by atoms with E-state index in [-0.39, 0.29) is 11.5 Å². The molecule has 0 amide bonds. The Morgan fingerprint density at radius 1 is 1.44 bits per heavy atom. The zero-order valence-electron chi connectivity index (χ0n) is 11.2. The van der Waals surface area contributed by atoms with Gasteiger partial charge in [-0.05, 0) is 24.8 Å². The van der Waals surface area contributed by atoms with Crippen molar-refractivity contribution in [3.8, 4) is 0 Å². The van der Waals surface area contributed by atoms with Crippen LogP contribution in [0.15, 0.2) is 17.2 Å². The Hall–Kier alpha value is -0.850. The summed E-state index contributed by atoms with van der Waals surface area (Å²) in [5.74, 6) is 0.576. The first-order chi connectivity index (χ1) is 8.36. The molecule has 6 heteroatoms. The van der Waals surface area contributed by atoms with E-state index in [0.717, 1.165) is 12.8 Å². The summed E-state index contributed by atoms with van der Waals surface area (Å²) in [5.41, 5.74) is 0.581. The highest BCUT2D eigenvalue weighted by atomic mass is 32.2. The summed E-state index contributed by atoms with van der Waals surface area (Å²) in [7, 11) is -1.74. The van der Waals surface area contributed by atoms with Gasteiger partial charge in [-0.2, -0.15) is 0 Å². The van der Waals surface area contributed by atoms with E-state index < -0.39 is 10.0 Å². The molecule has 1 aromatic heterocycles. The first kappa shape index (κ1) is 15.2. The van der Waals surface area contributed by atoms with Crippen LogP contribution < -0.4 is 4.72 Å². The van der Waals surface area contributed by atoms with Crippen LogP contribution in [0, 0.1) is 5.92 Å². The zero-order chi connectivity index (χ0) is 13.8. The third-order valence-corrected chi connectivity index (χ3v) is 4.23. The summed E-state index contributed by atoms with van der Waals surface area (Å²) in [4.78, 5) is 0.207. The van der Waals surface area contributed by atoms with Crippen molar-refractivity contribution in [1.29, 1.82) is 0 Å². The summed E-state index contributed by atoms with van der Waals surface area (Å²) in [6.45, 7) is 4.50. The standard InChI is InChI=1S/C12H22N2O3S/c1-10(2)5-4-6-13-18(16,17)12-7-11(9-15)14(3)8-12/h7-8,10,13,15H,4-6,9H2,1-3H3. The lowest BCUT2D eigenvalue weighted by atomic mass is 10.1. The van der Waals surface area contributed by atoms with Gasteiger partial charge >= 0.3 is 0 Å².